The Bertz CT molecular complexity index is 596. The Hall–Kier alpha value is -1.74. The average molecular weight is 264 g/mol. The highest BCUT2D eigenvalue weighted by Gasteiger charge is 2.09. The fraction of sp³-hybridized carbons (Fsp3) is 0.214. The molecule has 18 heavy (non-hydrogen) atoms. The van der Waals surface area contributed by atoms with Crippen LogP contribution < -0.4 is 5.32 Å². The van der Waals surface area contributed by atoms with Crippen molar-refractivity contribution in [2.24, 2.45) is 0 Å². The summed E-state index contributed by atoms with van der Waals surface area (Å²) in [6.07, 6.45) is 0.876. The van der Waals surface area contributed by atoms with Gasteiger partial charge in [-0.1, -0.05) is 24.6 Å². The normalized spacial score (nSPS) is 10.6. The minimum Gasteiger partial charge on any atom is -0.507 e. The summed E-state index contributed by atoms with van der Waals surface area (Å²) in [6, 6.07) is 8.41. The molecule has 0 radical (unpaired) electrons. The van der Waals surface area contributed by atoms with Gasteiger partial charge in [-0.25, -0.2) is 0 Å². The molecule has 3 nitrogen and oxygen atoms in total. The summed E-state index contributed by atoms with van der Waals surface area (Å²) in [5.41, 5.74) is 0.454. The van der Waals surface area contributed by atoms with Gasteiger partial charge in [0.15, 0.2) is 0 Å². The monoisotopic (exact) mass is 263 g/mol. The van der Waals surface area contributed by atoms with Crippen molar-refractivity contribution in [3.63, 3.8) is 0 Å². The Morgan fingerprint density at radius 1 is 1.33 bits per heavy atom. The van der Waals surface area contributed by atoms with Gasteiger partial charge in [0.05, 0.1) is 0 Å². The standard InChI is InChI=1S/C14H14ClNO2/c1-2-5-16-14(18)10-6-9-3-4-11(15)8-12(9)13(17)7-10/h3-4,6-8,17H,2,5H2,1H3,(H,16,18). The van der Waals surface area contributed by atoms with Crippen molar-refractivity contribution >= 4 is 28.3 Å². The van der Waals surface area contributed by atoms with Crippen LogP contribution in [0.1, 0.15) is 23.7 Å². The van der Waals surface area contributed by atoms with Crippen molar-refractivity contribution in [3.8, 4) is 5.75 Å². The van der Waals surface area contributed by atoms with Crippen LogP contribution in [0.3, 0.4) is 0 Å². The molecule has 0 aliphatic heterocycles. The molecule has 0 aromatic heterocycles. The molecule has 0 saturated carbocycles. The second-order valence-electron chi connectivity index (χ2n) is 4.12. The first-order valence-corrected chi connectivity index (χ1v) is 6.20. The van der Waals surface area contributed by atoms with Crippen molar-refractivity contribution in [3.05, 3.63) is 40.9 Å². The molecule has 2 aromatic carbocycles. The Morgan fingerprint density at radius 2 is 2.11 bits per heavy atom. The minimum absolute atomic E-state index is 0.0663. The fourth-order valence-electron chi connectivity index (χ4n) is 1.78. The molecule has 2 N–H and O–H groups in total. The number of carbonyl (C=O) groups is 1. The van der Waals surface area contributed by atoms with Crippen LogP contribution in [0.4, 0.5) is 0 Å². The summed E-state index contributed by atoms with van der Waals surface area (Å²) in [7, 11) is 0. The highest BCUT2D eigenvalue weighted by atomic mass is 35.5. The Kier molecular flexibility index (Phi) is 3.72. The number of phenolic OH excluding ortho intramolecular Hbond substituents is 1. The van der Waals surface area contributed by atoms with E-state index in [1.54, 1.807) is 24.3 Å². The van der Waals surface area contributed by atoms with E-state index in [9.17, 15) is 9.90 Å². The third-order valence-electron chi connectivity index (χ3n) is 2.69. The number of hydrogen-bond acceptors (Lipinski definition) is 2. The van der Waals surface area contributed by atoms with E-state index in [0.717, 1.165) is 11.8 Å². The van der Waals surface area contributed by atoms with Crippen LogP contribution in [-0.4, -0.2) is 17.6 Å². The van der Waals surface area contributed by atoms with Gasteiger partial charge in [-0.3, -0.25) is 4.79 Å². The summed E-state index contributed by atoms with van der Waals surface area (Å²) in [5, 5.41) is 14.7. The second kappa shape index (κ2) is 5.27. The number of nitrogens with one attached hydrogen (secondary N) is 1. The van der Waals surface area contributed by atoms with E-state index < -0.39 is 0 Å². The molecule has 1 amide bonds. The highest BCUT2D eigenvalue weighted by molar-refractivity contribution is 6.31. The molecule has 2 aromatic rings. The van der Waals surface area contributed by atoms with Gasteiger partial charge in [-0.15, -0.1) is 0 Å². The molecule has 94 valence electrons. The molecule has 0 saturated heterocycles. The predicted octanol–water partition coefficient (Wildman–Crippen LogP) is 3.34. The molecular weight excluding hydrogens is 250 g/mol. The highest BCUT2D eigenvalue weighted by Crippen LogP contribution is 2.29. The van der Waals surface area contributed by atoms with E-state index in [4.69, 9.17) is 11.6 Å². The summed E-state index contributed by atoms with van der Waals surface area (Å²) < 4.78 is 0. The molecule has 0 aliphatic rings. The number of fused-ring (bicyclic) bond motifs is 1. The largest absolute Gasteiger partial charge is 0.507 e. The lowest BCUT2D eigenvalue weighted by atomic mass is 10.1. The van der Waals surface area contributed by atoms with E-state index in [1.165, 1.54) is 6.07 Å². The van der Waals surface area contributed by atoms with Gasteiger partial charge in [0, 0.05) is 22.5 Å². The van der Waals surface area contributed by atoms with Crippen LogP contribution in [0.25, 0.3) is 10.8 Å². The smallest absolute Gasteiger partial charge is 0.251 e. The number of phenols is 1. The fourth-order valence-corrected chi connectivity index (χ4v) is 1.95. The molecule has 0 spiro atoms. The molecule has 0 aliphatic carbocycles. The molecule has 0 atom stereocenters. The predicted molar refractivity (Wildman–Crippen MR) is 73.2 cm³/mol. The van der Waals surface area contributed by atoms with Gasteiger partial charge in [-0.2, -0.15) is 0 Å². The maximum atomic E-state index is 11.8. The molecule has 0 heterocycles. The van der Waals surface area contributed by atoms with E-state index in [2.05, 4.69) is 5.32 Å². The van der Waals surface area contributed by atoms with Gasteiger partial charge < -0.3 is 10.4 Å². The quantitative estimate of drug-likeness (QED) is 0.892. The number of carbonyl (C=O) groups excluding carboxylic acids is 1. The van der Waals surface area contributed by atoms with Crippen molar-refractivity contribution < 1.29 is 9.90 Å². The van der Waals surface area contributed by atoms with E-state index in [-0.39, 0.29) is 11.7 Å². The van der Waals surface area contributed by atoms with Crippen LogP contribution in [0, 0.1) is 0 Å². The summed E-state index contributed by atoms with van der Waals surface area (Å²) in [4.78, 5) is 11.8. The first-order valence-electron chi connectivity index (χ1n) is 5.82. The molecule has 4 heteroatoms. The Labute approximate surface area is 110 Å². The number of amides is 1. The third kappa shape index (κ3) is 2.57. The first-order chi connectivity index (χ1) is 8.61. The maximum Gasteiger partial charge on any atom is 0.251 e. The molecule has 2 rings (SSSR count). The lowest BCUT2D eigenvalue weighted by molar-refractivity contribution is 0.0953. The molecule has 0 unspecified atom stereocenters. The zero-order chi connectivity index (χ0) is 13.1. The lowest BCUT2D eigenvalue weighted by Crippen LogP contribution is -2.23. The first kappa shape index (κ1) is 12.7. The summed E-state index contributed by atoms with van der Waals surface area (Å²) in [6.45, 7) is 2.61. The molecule has 0 bridgehead atoms. The van der Waals surface area contributed by atoms with Gasteiger partial charge in [0.1, 0.15) is 5.75 Å². The van der Waals surface area contributed by atoms with Crippen molar-refractivity contribution in [2.45, 2.75) is 13.3 Å². The number of rotatable bonds is 3. The van der Waals surface area contributed by atoms with Crippen LogP contribution in [0.2, 0.25) is 5.02 Å². The Balaban J connectivity index is 2.43. The zero-order valence-corrected chi connectivity index (χ0v) is 10.8. The van der Waals surface area contributed by atoms with Gasteiger partial charge in [-0.05, 0) is 36.1 Å². The van der Waals surface area contributed by atoms with Crippen molar-refractivity contribution in [1.82, 2.24) is 5.32 Å². The minimum atomic E-state index is -0.177. The molecule has 0 fully saturated rings. The SMILES string of the molecule is CCCNC(=O)c1cc(O)c2cc(Cl)ccc2c1. The molecular formula is C14H14ClNO2. The van der Waals surface area contributed by atoms with E-state index in [0.29, 0.717) is 22.5 Å². The number of halogens is 1. The number of hydrogen-bond donors (Lipinski definition) is 2. The number of aromatic hydroxyl groups is 1. The van der Waals surface area contributed by atoms with Crippen molar-refractivity contribution in [2.75, 3.05) is 6.54 Å². The van der Waals surface area contributed by atoms with Gasteiger partial charge >= 0.3 is 0 Å². The maximum absolute atomic E-state index is 11.8. The lowest BCUT2D eigenvalue weighted by Gasteiger charge is -2.07. The summed E-state index contributed by atoms with van der Waals surface area (Å²) in [5.74, 6) is -0.111. The van der Waals surface area contributed by atoms with Crippen molar-refractivity contribution in [1.29, 1.82) is 0 Å². The van der Waals surface area contributed by atoms with E-state index in [1.807, 2.05) is 6.92 Å². The summed E-state index contributed by atoms with van der Waals surface area (Å²) >= 11 is 5.87. The third-order valence-corrected chi connectivity index (χ3v) is 2.93. The Morgan fingerprint density at radius 3 is 2.83 bits per heavy atom. The second-order valence-corrected chi connectivity index (χ2v) is 4.55. The zero-order valence-electron chi connectivity index (χ0n) is 10.0. The van der Waals surface area contributed by atoms with Crippen LogP contribution in [-0.2, 0) is 0 Å². The van der Waals surface area contributed by atoms with Crippen LogP contribution in [0.5, 0.6) is 5.75 Å². The number of benzene rings is 2. The van der Waals surface area contributed by atoms with Crippen LogP contribution in [0.15, 0.2) is 30.3 Å². The van der Waals surface area contributed by atoms with E-state index >= 15 is 0 Å². The topological polar surface area (TPSA) is 49.3 Å². The van der Waals surface area contributed by atoms with Gasteiger partial charge in [0.2, 0.25) is 0 Å². The van der Waals surface area contributed by atoms with Gasteiger partial charge in [0.25, 0.3) is 5.91 Å². The average Bonchev–Trinajstić information content (AvgIpc) is 2.36. The van der Waals surface area contributed by atoms with Crippen LogP contribution >= 0.6 is 11.6 Å².